The van der Waals surface area contributed by atoms with Crippen LogP contribution in [0.4, 0.5) is 0 Å². The molecule has 0 aromatic heterocycles. The van der Waals surface area contributed by atoms with Crippen molar-refractivity contribution >= 4 is 7.12 Å². The van der Waals surface area contributed by atoms with Crippen molar-refractivity contribution in [1.29, 1.82) is 0 Å². The first-order chi connectivity index (χ1) is 7.36. The molecule has 1 heterocycles. The maximum absolute atomic E-state index is 6.12. The lowest BCUT2D eigenvalue weighted by Gasteiger charge is -2.32. The van der Waals surface area contributed by atoms with Gasteiger partial charge in [-0.3, -0.25) is 0 Å². The van der Waals surface area contributed by atoms with Gasteiger partial charge in [0.1, 0.15) is 0 Å². The SMILES string of the molecule is CCC1CCC(B2OC(C)(C)C(C)(C)O2)C1. The Balaban J connectivity index is 1.99. The van der Waals surface area contributed by atoms with E-state index >= 15 is 0 Å². The van der Waals surface area contributed by atoms with Crippen molar-refractivity contribution < 1.29 is 9.31 Å². The molecule has 0 aromatic carbocycles. The van der Waals surface area contributed by atoms with E-state index in [0.29, 0.717) is 5.82 Å². The molecule has 2 atom stereocenters. The van der Waals surface area contributed by atoms with Gasteiger partial charge in [0.2, 0.25) is 0 Å². The molecule has 0 spiro atoms. The van der Waals surface area contributed by atoms with Crippen LogP contribution in [0.25, 0.3) is 0 Å². The van der Waals surface area contributed by atoms with Crippen molar-refractivity contribution in [3.8, 4) is 0 Å². The number of hydrogen-bond donors (Lipinski definition) is 0. The lowest BCUT2D eigenvalue weighted by atomic mass is 9.70. The Kier molecular flexibility index (Phi) is 3.13. The smallest absolute Gasteiger partial charge is 0.403 e. The summed E-state index contributed by atoms with van der Waals surface area (Å²) in [4.78, 5) is 0. The van der Waals surface area contributed by atoms with E-state index in [2.05, 4.69) is 34.6 Å². The average Bonchev–Trinajstić information content (AvgIpc) is 2.70. The monoisotopic (exact) mass is 224 g/mol. The lowest BCUT2D eigenvalue weighted by molar-refractivity contribution is 0.00578. The molecule has 2 unspecified atom stereocenters. The van der Waals surface area contributed by atoms with E-state index in [0.717, 1.165) is 5.92 Å². The van der Waals surface area contributed by atoms with Crippen molar-refractivity contribution in [3.63, 3.8) is 0 Å². The molecule has 2 aliphatic rings. The van der Waals surface area contributed by atoms with E-state index in [9.17, 15) is 0 Å². The Morgan fingerprint density at radius 3 is 2.06 bits per heavy atom. The summed E-state index contributed by atoms with van der Waals surface area (Å²) in [6.45, 7) is 10.8. The van der Waals surface area contributed by atoms with Gasteiger partial charge in [-0.2, -0.15) is 0 Å². The second-order valence-corrected chi connectivity index (χ2v) is 6.47. The van der Waals surface area contributed by atoms with E-state index in [4.69, 9.17) is 9.31 Å². The summed E-state index contributed by atoms with van der Waals surface area (Å²) in [5.41, 5.74) is -0.329. The van der Waals surface area contributed by atoms with Gasteiger partial charge >= 0.3 is 7.12 Å². The minimum Gasteiger partial charge on any atom is -0.403 e. The minimum atomic E-state index is -0.165. The zero-order chi connectivity index (χ0) is 12.0. The van der Waals surface area contributed by atoms with E-state index in [1.54, 1.807) is 0 Å². The molecular formula is C13H25BO2. The Hall–Kier alpha value is -0.0151. The second-order valence-electron chi connectivity index (χ2n) is 6.47. The van der Waals surface area contributed by atoms with Crippen LogP contribution >= 0.6 is 0 Å². The van der Waals surface area contributed by atoms with Crippen LogP contribution in [0.5, 0.6) is 0 Å². The van der Waals surface area contributed by atoms with Crippen LogP contribution < -0.4 is 0 Å². The van der Waals surface area contributed by atoms with Crippen LogP contribution in [0.3, 0.4) is 0 Å². The fourth-order valence-electron chi connectivity index (χ4n) is 2.81. The molecule has 92 valence electrons. The van der Waals surface area contributed by atoms with E-state index in [1.165, 1.54) is 25.7 Å². The summed E-state index contributed by atoms with van der Waals surface area (Å²) in [5, 5.41) is 0. The van der Waals surface area contributed by atoms with Gasteiger partial charge in [0.15, 0.2) is 0 Å². The summed E-state index contributed by atoms with van der Waals surface area (Å²) >= 11 is 0. The summed E-state index contributed by atoms with van der Waals surface area (Å²) in [6, 6.07) is 0. The fraction of sp³-hybridized carbons (Fsp3) is 1.00. The second kappa shape index (κ2) is 4.02. The number of rotatable bonds is 2. The lowest BCUT2D eigenvalue weighted by Crippen LogP contribution is -2.41. The quantitative estimate of drug-likeness (QED) is 0.666. The van der Waals surface area contributed by atoms with Gasteiger partial charge in [-0.1, -0.05) is 26.2 Å². The van der Waals surface area contributed by atoms with Crippen molar-refractivity contribution in [2.75, 3.05) is 0 Å². The first kappa shape index (κ1) is 12.4. The Morgan fingerprint density at radius 1 is 1.06 bits per heavy atom. The Bertz CT molecular complexity index is 247. The third-order valence-electron chi connectivity index (χ3n) is 4.82. The zero-order valence-electron chi connectivity index (χ0n) is 11.4. The standard InChI is InChI=1S/C13H25BO2/c1-6-10-7-8-11(9-10)14-15-12(2,3)13(4,5)16-14/h10-11H,6-9H2,1-5H3. The highest BCUT2D eigenvalue weighted by Crippen LogP contribution is 2.46. The van der Waals surface area contributed by atoms with Crippen LogP contribution in [-0.4, -0.2) is 18.3 Å². The molecule has 1 saturated heterocycles. The molecular weight excluding hydrogens is 199 g/mol. The van der Waals surface area contributed by atoms with Gasteiger partial charge in [-0.25, -0.2) is 0 Å². The van der Waals surface area contributed by atoms with Gasteiger partial charge in [0, 0.05) is 0 Å². The van der Waals surface area contributed by atoms with Crippen LogP contribution in [0.15, 0.2) is 0 Å². The molecule has 0 N–H and O–H groups in total. The summed E-state index contributed by atoms with van der Waals surface area (Å²) in [5.74, 6) is 1.51. The van der Waals surface area contributed by atoms with Crippen LogP contribution in [0.1, 0.15) is 60.3 Å². The molecule has 0 aromatic rings. The summed E-state index contributed by atoms with van der Waals surface area (Å²) < 4.78 is 12.2. The molecule has 3 heteroatoms. The van der Waals surface area contributed by atoms with E-state index < -0.39 is 0 Å². The molecule has 2 fully saturated rings. The highest BCUT2D eigenvalue weighted by Gasteiger charge is 2.54. The van der Waals surface area contributed by atoms with Crippen LogP contribution in [-0.2, 0) is 9.31 Å². The maximum atomic E-state index is 6.12. The van der Waals surface area contributed by atoms with Gasteiger partial charge in [-0.15, -0.1) is 0 Å². The molecule has 16 heavy (non-hydrogen) atoms. The maximum Gasteiger partial charge on any atom is 0.461 e. The first-order valence-electron chi connectivity index (χ1n) is 6.71. The third-order valence-corrected chi connectivity index (χ3v) is 4.82. The van der Waals surface area contributed by atoms with E-state index in [1.807, 2.05) is 0 Å². The van der Waals surface area contributed by atoms with Crippen molar-refractivity contribution in [2.24, 2.45) is 5.92 Å². The predicted octanol–water partition coefficient (Wildman–Crippen LogP) is 3.66. The van der Waals surface area contributed by atoms with Crippen molar-refractivity contribution in [2.45, 2.75) is 77.3 Å². The van der Waals surface area contributed by atoms with Gasteiger partial charge in [-0.05, 0) is 45.9 Å². The topological polar surface area (TPSA) is 18.5 Å². The average molecular weight is 224 g/mol. The molecule has 1 aliphatic heterocycles. The summed E-state index contributed by atoms with van der Waals surface area (Å²) in [7, 11) is 0.0292. The molecule has 2 nitrogen and oxygen atoms in total. The summed E-state index contributed by atoms with van der Waals surface area (Å²) in [6.07, 6.45) is 5.21. The number of hydrogen-bond acceptors (Lipinski definition) is 2. The first-order valence-corrected chi connectivity index (χ1v) is 6.71. The molecule has 0 bridgehead atoms. The molecule has 2 rings (SSSR count). The van der Waals surface area contributed by atoms with Crippen LogP contribution in [0, 0.1) is 5.92 Å². The zero-order valence-corrected chi connectivity index (χ0v) is 11.4. The Labute approximate surface area is 100 Å². The normalized spacial score (nSPS) is 36.9. The molecule has 1 saturated carbocycles. The Morgan fingerprint density at radius 2 is 1.62 bits per heavy atom. The van der Waals surface area contributed by atoms with Gasteiger partial charge in [0.05, 0.1) is 11.2 Å². The molecule has 0 amide bonds. The van der Waals surface area contributed by atoms with Crippen molar-refractivity contribution in [3.05, 3.63) is 0 Å². The van der Waals surface area contributed by atoms with Crippen molar-refractivity contribution in [1.82, 2.24) is 0 Å². The van der Waals surface area contributed by atoms with Gasteiger partial charge < -0.3 is 9.31 Å². The van der Waals surface area contributed by atoms with Crippen LogP contribution in [0.2, 0.25) is 5.82 Å². The highest BCUT2D eigenvalue weighted by molar-refractivity contribution is 6.47. The predicted molar refractivity (Wildman–Crippen MR) is 67.5 cm³/mol. The van der Waals surface area contributed by atoms with E-state index in [-0.39, 0.29) is 18.3 Å². The van der Waals surface area contributed by atoms with Gasteiger partial charge in [0.25, 0.3) is 0 Å². The largest absolute Gasteiger partial charge is 0.461 e. The fourth-order valence-corrected chi connectivity index (χ4v) is 2.81. The third kappa shape index (κ3) is 2.04. The molecule has 0 radical (unpaired) electrons. The minimum absolute atomic E-state index is 0.0292. The molecule has 1 aliphatic carbocycles. The highest BCUT2D eigenvalue weighted by atomic mass is 16.7.